The summed E-state index contributed by atoms with van der Waals surface area (Å²) in [6.07, 6.45) is 0.905. The summed E-state index contributed by atoms with van der Waals surface area (Å²) in [7, 11) is 0. The van der Waals surface area contributed by atoms with Crippen LogP contribution in [0.3, 0.4) is 0 Å². The van der Waals surface area contributed by atoms with Gasteiger partial charge in [-0.05, 0) is 0 Å². The van der Waals surface area contributed by atoms with Crippen LogP contribution in [0.15, 0.2) is 16.9 Å². The SMILES string of the molecule is O=C(NCC1(O)CCOCC1)c1cc(O)[nH]c(=O)c1. The van der Waals surface area contributed by atoms with Crippen molar-refractivity contribution in [3.05, 3.63) is 28.0 Å². The largest absolute Gasteiger partial charge is 0.494 e. The highest BCUT2D eigenvalue weighted by atomic mass is 16.5. The van der Waals surface area contributed by atoms with Gasteiger partial charge in [-0.2, -0.15) is 0 Å². The minimum absolute atomic E-state index is 0.0527. The molecule has 0 aliphatic carbocycles. The van der Waals surface area contributed by atoms with Crippen molar-refractivity contribution in [2.24, 2.45) is 0 Å². The summed E-state index contributed by atoms with van der Waals surface area (Å²) in [4.78, 5) is 25.1. The van der Waals surface area contributed by atoms with E-state index in [-0.39, 0.29) is 18.0 Å². The van der Waals surface area contributed by atoms with Gasteiger partial charge in [0.1, 0.15) is 0 Å². The van der Waals surface area contributed by atoms with Crippen LogP contribution in [0, 0.1) is 0 Å². The molecule has 19 heavy (non-hydrogen) atoms. The van der Waals surface area contributed by atoms with Gasteiger partial charge in [-0.25, -0.2) is 0 Å². The molecule has 0 radical (unpaired) electrons. The van der Waals surface area contributed by atoms with Gasteiger partial charge in [0, 0.05) is 44.7 Å². The van der Waals surface area contributed by atoms with Crippen LogP contribution in [0.25, 0.3) is 0 Å². The number of hydrogen-bond donors (Lipinski definition) is 4. The summed E-state index contributed by atoms with van der Waals surface area (Å²) in [5, 5.41) is 21.9. The number of aliphatic hydroxyl groups is 1. The molecule has 1 aromatic rings. The van der Waals surface area contributed by atoms with Gasteiger partial charge < -0.3 is 20.3 Å². The highest BCUT2D eigenvalue weighted by Crippen LogP contribution is 2.19. The Hall–Kier alpha value is -1.86. The molecule has 104 valence electrons. The number of aromatic amines is 1. The standard InChI is InChI=1S/C12H16N2O5/c15-9-5-8(6-10(16)14-9)11(17)13-7-12(18)1-3-19-4-2-12/h5-6,18H,1-4,7H2,(H,13,17)(H2,14,15,16). The van der Waals surface area contributed by atoms with E-state index in [1.54, 1.807) is 0 Å². The molecule has 2 rings (SSSR count). The number of ether oxygens (including phenoxy) is 1. The van der Waals surface area contributed by atoms with Crippen molar-refractivity contribution >= 4 is 5.91 Å². The molecule has 1 fully saturated rings. The van der Waals surface area contributed by atoms with Gasteiger partial charge in [0.2, 0.25) is 0 Å². The molecule has 1 aliphatic rings. The van der Waals surface area contributed by atoms with E-state index in [1.165, 1.54) is 0 Å². The number of hydrogen-bond acceptors (Lipinski definition) is 5. The molecule has 0 bridgehead atoms. The Morgan fingerprint density at radius 1 is 1.42 bits per heavy atom. The van der Waals surface area contributed by atoms with Gasteiger partial charge in [0.15, 0.2) is 5.88 Å². The van der Waals surface area contributed by atoms with Gasteiger partial charge >= 0.3 is 0 Å². The van der Waals surface area contributed by atoms with E-state index in [2.05, 4.69) is 10.3 Å². The summed E-state index contributed by atoms with van der Waals surface area (Å²) in [6, 6.07) is 2.24. The first-order valence-electron chi connectivity index (χ1n) is 6.00. The second-order valence-corrected chi connectivity index (χ2v) is 4.64. The normalized spacial score (nSPS) is 17.9. The van der Waals surface area contributed by atoms with Crippen molar-refractivity contribution in [1.82, 2.24) is 10.3 Å². The first-order chi connectivity index (χ1) is 8.98. The maximum absolute atomic E-state index is 11.8. The third-order valence-electron chi connectivity index (χ3n) is 3.09. The second kappa shape index (κ2) is 5.41. The van der Waals surface area contributed by atoms with E-state index in [1.807, 2.05) is 0 Å². The Morgan fingerprint density at radius 3 is 2.74 bits per heavy atom. The summed E-state index contributed by atoms with van der Waals surface area (Å²) in [5.74, 6) is -0.885. The fraction of sp³-hybridized carbons (Fsp3) is 0.500. The van der Waals surface area contributed by atoms with E-state index in [0.717, 1.165) is 12.1 Å². The molecule has 0 saturated carbocycles. The molecule has 0 atom stereocenters. The third kappa shape index (κ3) is 3.55. The maximum atomic E-state index is 11.8. The molecule has 0 unspecified atom stereocenters. The molecule has 1 saturated heterocycles. The Kier molecular flexibility index (Phi) is 3.87. The molecule has 7 nitrogen and oxygen atoms in total. The fourth-order valence-electron chi connectivity index (χ4n) is 1.93. The zero-order chi connectivity index (χ0) is 13.9. The van der Waals surface area contributed by atoms with Crippen molar-refractivity contribution in [2.45, 2.75) is 18.4 Å². The molecule has 0 spiro atoms. The smallest absolute Gasteiger partial charge is 0.251 e. The van der Waals surface area contributed by atoms with Crippen LogP contribution < -0.4 is 10.9 Å². The van der Waals surface area contributed by atoms with Gasteiger partial charge in [-0.3, -0.25) is 14.6 Å². The number of rotatable bonds is 3. The Balaban J connectivity index is 1.99. The lowest BCUT2D eigenvalue weighted by molar-refractivity contribution is -0.0605. The van der Waals surface area contributed by atoms with E-state index in [4.69, 9.17) is 4.74 Å². The van der Waals surface area contributed by atoms with Crippen LogP contribution in [-0.4, -0.2) is 46.5 Å². The van der Waals surface area contributed by atoms with Crippen molar-refractivity contribution in [3.63, 3.8) is 0 Å². The third-order valence-corrected chi connectivity index (χ3v) is 3.09. The number of carbonyl (C=O) groups excluding carboxylic acids is 1. The second-order valence-electron chi connectivity index (χ2n) is 4.64. The molecule has 7 heteroatoms. The molecular formula is C12H16N2O5. The molecule has 1 amide bonds. The summed E-state index contributed by atoms with van der Waals surface area (Å²) in [5.41, 5.74) is -1.48. The maximum Gasteiger partial charge on any atom is 0.251 e. The highest BCUT2D eigenvalue weighted by molar-refractivity contribution is 5.94. The average Bonchev–Trinajstić information content (AvgIpc) is 2.36. The average molecular weight is 268 g/mol. The minimum atomic E-state index is -0.975. The van der Waals surface area contributed by atoms with Gasteiger partial charge in [-0.15, -0.1) is 0 Å². The van der Waals surface area contributed by atoms with Crippen LogP contribution in [0.1, 0.15) is 23.2 Å². The Morgan fingerprint density at radius 2 is 2.11 bits per heavy atom. The predicted octanol–water partition coefficient (Wildman–Crippen LogP) is -0.648. The summed E-state index contributed by atoms with van der Waals surface area (Å²) >= 11 is 0. The predicted molar refractivity (Wildman–Crippen MR) is 66.1 cm³/mol. The monoisotopic (exact) mass is 268 g/mol. The van der Waals surface area contributed by atoms with Crippen LogP contribution >= 0.6 is 0 Å². The van der Waals surface area contributed by atoms with Crippen LogP contribution in [0.2, 0.25) is 0 Å². The van der Waals surface area contributed by atoms with E-state index < -0.39 is 17.1 Å². The summed E-state index contributed by atoms with van der Waals surface area (Å²) in [6.45, 7) is 0.999. The number of aromatic hydroxyl groups is 1. The van der Waals surface area contributed by atoms with Crippen molar-refractivity contribution < 1.29 is 19.7 Å². The number of carbonyl (C=O) groups is 1. The molecule has 2 heterocycles. The lowest BCUT2D eigenvalue weighted by atomic mass is 9.94. The molecule has 0 aromatic carbocycles. The van der Waals surface area contributed by atoms with E-state index in [9.17, 15) is 19.8 Å². The lowest BCUT2D eigenvalue weighted by Gasteiger charge is -2.32. The lowest BCUT2D eigenvalue weighted by Crippen LogP contribution is -2.46. The molecule has 1 aromatic heterocycles. The molecule has 1 aliphatic heterocycles. The Labute approximate surface area is 109 Å². The minimum Gasteiger partial charge on any atom is -0.494 e. The zero-order valence-electron chi connectivity index (χ0n) is 10.3. The molecular weight excluding hydrogens is 252 g/mol. The van der Waals surface area contributed by atoms with Crippen molar-refractivity contribution in [1.29, 1.82) is 0 Å². The number of pyridine rings is 1. The Bertz CT molecular complexity index is 519. The summed E-state index contributed by atoms with van der Waals surface area (Å²) < 4.78 is 5.14. The number of H-pyrrole nitrogens is 1. The van der Waals surface area contributed by atoms with Crippen LogP contribution in [0.4, 0.5) is 0 Å². The zero-order valence-corrected chi connectivity index (χ0v) is 10.3. The van der Waals surface area contributed by atoms with E-state index >= 15 is 0 Å². The van der Waals surface area contributed by atoms with E-state index in [0.29, 0.717) is 26.1 Å². The first kappa shape index (κ1) is 13.6. The molecule has 4 N–H and O–H groups in total. The number of aromatic nitrogens is 1. The fourth-order valence-corrected chi connectivity index (χ4v) is 1.93. The first-order valence-corrected chi connectivity index (χ1v) is 6.00. The van der Waals surface area contributed by atoms with Crippen LogP contribution in [0.5, 0.6) is 5.88 Å². The number of nitrogens with one attached hydrogen (secondary N) is 2. The highest BCUT2D eigenvalue weighted by Gasteiger charge is 2.30. The van der Waals surface area contributed by atoms with Gasteiger partial charge in [-0.1, -0.05) is 0 Å². The van der Waals surface area contributed by atoms with Gasteiger partial charge in [0.25, 0.3) is 11.5 Å². The van der Waals surface area contributed by atoms with Crippen molar-refractivity contribution in [2.75, 3.05) is 19.8 Å². The van der Waals surface area contributed by atoms with Crippen molar-refractivity contribution in [3.8, 4) is 5.88 Å². The number of amides is 1. The van der Waals surface area contributed by atoms with Gasteiger partial charge in [0.05, 0.1) is 11.2 Å². The quantitative estimate of drug-likeness (QED) is 0.582. The van der Waals surface area contributed by atoms with Crippen LogP contribution in [-0.2, 0) is 4.74 Å². The topological polar surface area (TPSA) is 112 Å².